The minimum absolute atomic E-state index is 0.00405. The molecular weight excluding hydrogens is 500 g/mol. The van der Waals surface area contributed by atoms with Gasteiger partial charge in [0.05, 0.1) is 6.04 Å². The number of carboxylic acids is 2. The van der Waals surface area contributed by atoms with Crippen LogP contribution >= 0.6 is 11.8 Å². The SMILES string of the molecule is CSCCC(NC(=O)C(Cc1ccccc1)NC(=O)C(CC(C)C)NC(=O)C(N)CCC(=O)O)C(=O)O. The van der Waals surface area contributed by atoms with E-state index in [1.807, 2.05) is 26.2 Å². The Morgan fingerprint density at radius 3 is 1.97 bits per heavy atom. The number of carboxylic acid groups (broad SMARTS) is 2. The van der Waals surface area contributed by atoms with Crippen molar-refractivity contribution in [3.63, 3.8) is 0 Å². The lowest BCUT2D eigenvalue weighted by atomic mass is 10.00. The van der Waals surface area contributed by atoms with Gasteiger partial charge in [-0.05, 0) is 42.8 Å². The van der Waals surface area contributed by atoms with Gasteiger partial charge in [-0.15, -0.1) is 0 Å². The van der Waals surface area contributed by atoms with E-state index in [-0.39, 0.29) is 38.0 Å². The summed E-state index contributed by atoms with van der Waals surface area (Å²) in [5, 5.41) is 26.1. The number of thioether (sulfide) groups is 1. The van der Waals surface area contributed by atoms with Gasteiger partial charge >= 0.3 is 11.9 Å². The molecule has 1 rings (SSSR count). The van der Waals surface area contributed by atoms with Crippen LogP contribution in [0.1, 0.15) is 45.1 Å². The molecule has 0 heterocycles. The van der Waals surface area contributed by atoms with Crippen LogP contribution in [0.4, 0.5) is 0 Å². The van der Waals surface area contributed by atoms with Gasteiger partial charge in [0.2, 0.25) is 17.7 Å². The average Bonchev–Trinajstić information content (AvgIpc) is 2.84. The Morgan fingerprint density at radius 1 is 0.865 bits per heavy atom. The Hall–Kier alpha value is -3.12. The molecule has 7 N–H and O–H groups in total. The second-order valence-electron chi connectivity index (χ2n) is 9.16. The summed E-state index contributed by atoms with van der Waals surface area (Å²) in [6.07, 6.45) is 2.01. The molecule has 0 aliphatic heterocycles. The fraction of sp³-hybridized carbons (Fsp3) is 0.560. The molecular formula is C25H38N4O7S. The van der Waals surface area contributed by atoms with Gasteiger partial charge in [-0.1, -0.05) is 44.2 Å². The van der Waals surface area contributed by atoms with Crippen LogP contribution < -0.4 is 21.7 Å². The van der Waals surface area contributed by atoms with Gasteiger partial charge in [-0.25, -0.2) is 4.79 Å². The van der Waals surface area contributed by atoms with Crippen LogP contribution in [0.15, 0.2) is 30.3 Å². The molecule has 12 heteroatoms. The van der Waals surface area contributed by atoms with Gasteiger partial charge in [-0.3, -0.25) is 19.2 Å². The Bertz CT molecular complexity index is 914. The maximum atomic E-state index is 13.2. The van der Waals surface area contributed by atoms with E-state index < -0.39 is 53.8 Å². The first-order valence-electron chi connectivity index (χ1n) is 12.1. The molecule has 3 amide bonds. The molecule has 0 aliphatic rings. The van der Waals surface area contributed by atoms with Crippen molar-refractivity contribution in [1.29, 1.82) is 0 Å². The maximum absolute atomic E-state index is 13.2. The zero-order chi connectivity index (χ0) is 28.0. The van der Waals surface area contributed by atoms with Gasteiger partial charge < -0.3 is 31.9 Å². The number of nitrogens with two attached hydrogens (primary N) is 1. The highest BCUT2D eigenvalue weighted by Gasteiger charge is 2.31. The Morgan fingerprint density at radius 2 is 1.43 bits per heavy atom. The van der Waals surface area contributed by atoms with Gasteiger partial charge in [0.25, 0.3) is 0 Å². The molecule has 1 aromatic carbocycles. The summed E-state index contributed by atoms with van der Waals surface area (Å²) in [6.45, 7) is 3.71. The first-order valence-corrected chi connectivity index (χ1v) is 13.5. The van der Waals surface area contributed by atoms with E-state index in [0.29, 0.717) is 5.75 Å². The summed E-state index contributed by atoms with van der Waals surface area (Å²) < 4.78 is 0. The molecule has 0 saturated carbocycles. The largest absolute Gasteiger partial charge is 0.481 e. The molecule has 37 heavy (non-hydrogen) atoms. The van der Waals surface area contributed by atoms with E-state index in [1.165, 1.54) is 11.8 Å². The number of carbonyl (C=O) groups excluding carboxylic acids is 3. The average molecular weight is 539 g/mol. The third-order valence-electron chi connectivity index (χ3n) is 5.49. The standard InChI is InChI=1S/C25H38N4O7S/c1-15(2)13-19(28-22(32)17(26)9-10-21(30)31)23(33)29-20(14-16-7-5-4-6-8-16)24(34)27-18(25(35)36)11-12-37-3/h4-8,15,17-20H,9-14,26H2,1-3H3,(H,27,34)(H,28,32)(H,29,33)(H,30,31)(H,35,36). The van der Waals surface area contributed by atoms with Crippen molar-refractivity contribution in [3.05, 3.63) is 35.9 Å². The normalized spacial score (nSPS) is 14.2. The van der Waals surface area contributed by atoms with Crippen LogP contribution in [0.3, 0.4) is 0 Å². The molecule has 4 atom stereocenters. The van der Waals surface area contributed by atoms with Crippen molar-refractivity contribution in [2.24, 2.45) is 11.7 Å². The second kappa shape index (κ2) is 16.6. The van der Waals surface area contributed by atoms with E-state index in [4.69, 9.17) is 10.8 Å². The summed E-state index contributed by atoms with van der Waals surface area (Å²) in [4.78, 5) is 61.3. The van der Waals surface area contributed by atoms with Crippen LogP contribution in [0.2, 0.25) is 0 Å². The van der Waals surface area contributed by atoms with E-state index >= 15 is 0 Å². The van der Waals surface area contributed by atoms with Gasteiger partial charge in [-0.2, -0.15) is 11.8 Å². The summed E-state index contributed by atoms with van der Waals surface area (Å²) >= 11 is 1.45. The van der Waals surface area contributed by atoms with Crippen molar-refractivity contribution in [3.8, 4) is 0 Å². The fourth-order valence-electron chi connectivity index (χ4n) is 3.49. The topological polar surface area (TPSA) is 188 Å². The molecule has 1 aromatic rings. The zero-order valence-corrected chi connectivity index (χ0v) is 22.3. The molecule has 0 aliphatic carbocycles. The molecule has 0 aromatic heterocycles. The number of amides is 3. The van der Waals surface area contributed by atoms with Crippen molar-refractivity contribution in [1.82, 2.24) is 16.0 Å². The predicted octanol–water partition coefficient (Wildman–Crippen LogP) is 0.759. The number of benzene rings is 1. The van der Waals surface area contributed by atoms with Crippen molar-refractivity contribution >= 4 is 41.4 Å². The number of hydrogen-bond acceptors (Lipinski definition) is 7. The summed E-state index contributed by atoms with van der Waals surface area (Å²) in [5.74, 6) is -3.70. The van der Waals surface area contributed by atoms with Gasteiger partial charge in [0.1, 0.15) is 18.1 Å². The first-order chi connectivity index (χ1) is 17.4. The highest BCUT2D eigenvalue weighted by molar-refractivity contribution is 7.98. The molecule has 0 bridgehead atoms. The third-order valence-corrected chi connectivity index (χ3v) is 6.13. The summed E-state index contributed by atoms with van der Waals surface area (Å²) in [7, 11) is 0. The van der Waals surface area contributed by atoms with Gasteiger partial charge in [0.15, 0.2) is 0 Å². The summed E-state index contributed by atoms with van der Waals surface area (Å²) in [5.41, 5.74) is 6.54. The Kier molecular flexibility index (Phi) is 14.3. The minimum Gasteiger partial charge on any atom is -0.481 e. The fourth-order valence-corrected chi connectivity index (χ4v) is 3.96. The lowest BCUT2D eigenvalue weighted by Gasteiger charge is -2.26. The minimum atomic E-state index is -1.17. The van der Waals surface area contributed by atoms with Crippen LogP contribution in [-0.4, -0.2) is 76.0 Å². The molecule has 11 nitrogen and oxygen atoms in total. The molecule has 0 saturated heterocycles. The highest BCUT2D eigenvalue weighted by Crippen LogP contribution is 2.10. The van der Waals surface area contributed by atoms with E-state index in [1.54, 1.807) is 24.3 Å². The third kappa shape index (κ3) is 12.6. The van der Waals surface area contributed by atoms with Gasteiger partial charge in [0, 0.05) is 12.8 Å². The number of aliphatic carboxylic acids is 2. The predicted molar refractivity (Wildman–Crippen MR) is 141 cm³/mol. The quantitative estimate of drug-likeness (QED) is 0.166. The number of nitrogens with one attached hydrogen (secondary N) is 3. The second-order valence-corrected chi connectivity index (χ2v) is 10.1. The van der Waals surface area contributed by atoms with Crippen molar-refractivity contribution < 1.29 is 34.2 Å². The van der Waals surface area contributed by atoms with Crippen LogP contribution in [0, 0.1) is 5.92 Å². The Balaban J connectivity index is 3.07. The molecule has 4 unspecified atom stereocenters. The number of rotatable bonds is 17. The summed E-state index contributed by atoms with van der Waals surface area (Å²) in [6, 6.07) is 4.58. The monoisotopic (exact) mass is 538 g/mol. The Labute approximate surface area is 221 Å². The maximum Gasteiger partial charge on any atom is 0.326 e. The van der Waals surface area contributed by atoms with Crippen molar-refractivity contribution in [2.45, 2.75) is 70.1 Å². The number of carbonyl (C=O) groups is 5. The first kappa shape index (κ1) is 31.9. The lowest BCUT2D eigenvalue weighted by molar-refractivity contribution is -0.142. The highest BCUT2D eigenvalue weighted by atomic mass is 32.2. The molecule has 206 valence electrons. The molecule has 0 fully saturated rings. The smallest absolute Gasteiger partial charge is 0.326 e. The van der Waals surface area contributed by atoms with Crippen LogP contribution in [0.25, 0.3) is 0 Å². The molecule has 0 spiro atoms. The van der Waals surface area contributed by atoms with Crippen LogP contribution in [-0.2, 0) is 30.4 Å². The van der Waals surface area contributed by atoms with E-state index in [0.717, 1.165) is 5.56 Å². The van der Waals surface area contributed by atoms with Crippen molar-refractivity contribution in [2.75, 3.05) is 12.0 Å². The number of hydrogen-bond donors (Lipinski definition) is 6. The lowest BCUT2D eigenvalue weighted by Crippen LogP contribution is -2.58. The van der Waals surface area contributed by atoms with E-state index in [2.05, 4.69) is 16.0 Å². The zero-order valence-electron chi connectivity index (χ0n) is 21.4. The van der Waals surface area contributed by atoms with E-state index in [9.17, 15) is 29.1 Å². The molecule has 0 radical (unpaired) electrons. The van der Waals surface area contributed by atoms with Crippen LogP contribution in [0.5, 0.6) is 0 Å².